The van der Waals surface area contributed by atoms with Gasteiger partial charge in [-0.25, -0.2) is 0 Å². The number of hydrogen-bond donors (Lipinski definition) is 5. The number of aromatic hydroxyl groups is 1. The molecule has 11 nitrogen and oxygen atoms in total. The van der Waals surface area contributed by atoms with Crippen LogP contribution in [0.1, 0.15) is 102 Å². The average Bonchev–Trinajstić information content (AvgIpc) is 3.37. The van der Waals surface area contributed by atoms with Gasteiger partial charge in [-0.05, 0) is 115 Å². The van der Waals surface area contributed by atoms with Gasteiger partial charge in [-0.3, -0.25) is 19.2 Å². The number of aliphatic hydroxyl groups is 2. The molecule has 3 heterocycles. The van der Waals surface area contributed by atoms with Gasteiger partial charge in [0, 0.05) is 17.6 Å². The van der Waals surface area contributed by atoms with Crippen LogP contribution in [-0.2, 0) is 19.1 Å². The number of hydrogen-bond acceptors (Lipinski definition) is 9. The lowest BCUT2D eigenvalue weighted by Gasteiger charge is -2.17. The standard InChI is InChI=1S/C23H29NO4.C19H23NO5/c1-14-12-15(2)20-17(13-14)9-7-11-19-21(28-23(4,5)27-19)18(25)10-6-8-16(3)24-22(20)26;1-11-9-13-6-4-8-15(22)18(24)14(21)7-3-5-12(2)20-19(25)17(13)16(23)10-11/h6-7,9-10,12-13,16,19,21H,8,11H2,1-5H3,(H,24,26);3-4,6-7,9-10,12,15,18,22-24H,5,8H2,1-2H3,(H,20,25)/b9-7+,10-6-;6-4+,7-3-/t16?,19-,21?;/m0./s1. The van der Waals surface area contributed by atoms with Crippen molar-refractivity contribution in [2.24, 2.45) is 0 Å². The van der Waals surface area contributed by atoms with Crippen molar-refractivity contribution in [3.05, 3.63) is 99.7 Å². The molecule has 5 N–H and O–H groups in total. The number of ketones is 2. The number of phenolic OH excluding ortho intramolecular Hbond substituents is 1. The van der Waals surface area contributed by atoms with E-state index in [1.807, 2.05) is 58.9 Å². The molecule has 0 aliphatic carbocycles. The van der Waals surface area contributed by atoms with Crippen LogP contribution in [0.25, 0.3) is 12.2 Å². The van der Waals surface area contributed by atoms with Gasteiger partial charge in [0.2, 0.25) is 0 Å². The number of carbonyl (C=O) groups is 4. The van der Waals surface area contributed by atoms with E-state index in [0.29, 0.717) is 30.4 Å². The fourth-order valence-corrected chi connectivity index (χ4v) is 6.53. The first-order chi connectivity index (χ1) is 25.0. The molecule has 0 radical (unpaired) electrons. The minimum absolute atomic E-state index is 0.0346. The molecule has 1 saturated heterocycles. The van der Waals surface area contributed by atoms with E-state index in [9.17, 15) is 34.5 Å². The summed E-state index contributed by atoms with van der Waals surface area (Å²) < 4.78 is 11.8. The second-order valence-corrected chi connectivity index (χ2v) is 14.5. The number of amides is 2. The smallest absolute Gasteiger partial charge is 0.255 e. The van der Waals surface area contributed by atoms with Crippen molar-refractivity contribution < 1.29 is 44.0 Å². The first-order valence-corrected chi connectivity index (χ1v) is 18.0. The Morgan fingerprint density at radius 3 is 1.79 bits per heavy atom. The first kappa shape index (κ1) is 41.1. The summed E-state index contributed by atoms with van der Waals surface area (Å²) >= 11 is 0. The van der Waals surface area contributed by atoms with Gasteiger partial charge in [-0.15, -0.1) is 0 Å². The predicted molar refractivity (Wildman–Crippen MR) is 203 cm³/mol. The van der Waals surface area contributed by atoms with Crippen molar-refractivity contribution in [3.8, 4) is 5.75 Å². The average molecular weight is 729 g/mol. The SMILES string of the molecule is Cc1cc(C)c2c(c1)/C=C/C[C@@H]1OC(C)(C)OC1C(=O)/C=C\CC(C)NC2=O.Cc1cc(O)c2c(c1)/C=C/CC(O)C(O)C(=O)/C=C\CC(C)NC2=O. The zero-order valence-electron chi connectivity index (χ0n) is 31.5. The third-order valence-corrected chi connectivity index (χ3v) is 9.02. The van der Waals surface area contributed by atoms with Crippen molar-refractivity contribution >= 4 is 35.5 Å². The van der Waals surface area contributed by atoms with Gasteiger partial charge in [0.1, 0.15) is 18.0 Å². The van der Waals surface area contributed by atoms with Crippen molar-refractivity contribution in [2.75, 3.05) is 0 Å². The van der Waals surface area contributed by atoms with Crippen LogP contribution in [0.5, 0.6) is 5.75 Å². The Morgan fingerprint density at radius 2 is 1.17 bits per heavy atom. The summed E-state index contributed by atoms with van der Waals surface area (Å²) in [5.74, 6) is -2.11. The summed E-state index contributed by atoms with van der Waals surface area (Å²) in [4.78, 5) is 49.8. The van der Waals surface area contributed by atoms with Crippen LogP contribution in [0.4, 0.5) is 0 Å². The van der Waals surface area contributed by atoms with Crippen LogP contribution < -0.4 is 10.6 Å². The number of rotatable bonds is 0. The molecule has 2 amide bonds. The third kappa shape index (κ3) is 11.2. The number of phenols is 1. The van der Waals surface area contributed by atoms with Crippen LogP contribution in [0.3, 0.4) is 0 Å². The Kier molecular flexibility index (Phi) is 13.9. The number of aliphatic hydroxyl groups excluding tert-OH is 2. The van der Waals surface area contributed by atoms with E-state index in [2.05, 4.69) is 10.6 Å². The van der Waals surface area contributed by atoms with Crippen LogP contribution >= 0.6 is 0 Å². The van der Waals surface area contributed by atoms with Gasteiger partial charge in [0.25, 0.3) is 11.8 Å². The molecule has 5 unspecified atom stereocenters. The molecule has 1 fully saturated rings. The van der Waals surface area contributed by atoms with Crippen molar-refractivity contribution in [3.63, 3.8) is 0 Å². The summed E-state index contributed by atoms with van der Waals surface area (Å²) in [7, 11) is 0. The minimum atomic E-state index is -1.50. The highest BCUT2D eigenvalue weighted by molar-refractivity contribution is 6.01. The zero-order valence-corrected chi connectivity index (χ0v) is 31.5. The van der Waals surface area contributed by atoms with E-state index >= 15 is 0 Å². The molecular weight excluding hydrogens is 676 g/mol. The molecule has 5 rings (SSSR count). The topological polar surface area (TPSA) is 171 Å². The van der Waals surface area contributed by atoms with Crippen LogP contribution in [0.15, 0.2) is 60.7 Å². The van der Waals surface area contributed by atoms with Crippen LogP contribution in [0.2, 0.25) is 0 Å². The minimum Gasteiger partial charge on any atom is -0.507 e. The summed E-state index contributed by atoms with van der Waals surface area (Å²) in [5, 5.41) is 35.8. The van der Waals surface area contributed by atoms with Gasteiger partial charge >= 0.3 is 0 Å². The Balaban J connectivity index is 0.000000238. The number of aryl methyl sites for hydroxylation is 3. The van der Waals surface area contributed by atoms with Gasteiger partial charge in [-0.1, -0.05) is 60.2 Å². The van der Waals surface area contributed by atoms with E-state index in [0.717, 1.165) is 22.3 Å². The number of benzene rings is 2. The zero-order chi connectivity index (χ0) is 39.0. The lowest BCUT2D eigenvalue weighted by molar-refractivity contribution is -0.152. The maximum atomic E-state index is 12.9. The van der Waals surface area contributed by atoms with E-state index < -0.39 is 35.8 Å². The van der Waals surface area contributed by atoms with Crippen molar-refractivity contribution in [1.29, 1.82) is 0 Å². The van der Waals surface area contributed by atoms with Gasteiger partial charge in [0.15, 0.2) is 17.4 Å². The molecule has 284 valence electrons. The summed E-state index contributed by atoms with van der Waals surface area (Å²) in [5.41, 5.74) is 5.04. The maximum Gasteiger partial charge on any atom is 0.255 e. The molecule has 0 bridgehead atoms. The Hall–Kier alpha value is -4.68. The van der Waals surface area contributed by atoms with Gasteiger partial charge in [-0.2, -0.15) is 0 Å². The molecule has 2 aromatic carbocycles. The van der Waals surface area contributed by atoms with Crippen molar-refractivity contribution in [1.82, 2.24) is 10.6 Å². The van der Waals surface area contributed by atoms with E-state index in [1.54, 1.807) is 50.3 Å². The molecule has 3 aliphatic heterocycles. The monoisotopic (exact) mass is 728 g/mol. The number of nitrogens with one attached hydrogen (secondary N) is 2. The number of carbonyl (C=O) groups excluding carboxylic acids is 4. The van der Waals surface area contributed by atoms with Gasteiger partial charge in [0.05, 0.1) is 17.8 Å². The molecule has 6 atom stereocenters. The largest absolute Gasteiger partial charge is 0.507 e. The maximum absolute atomic E-state index is 12.9. The fourth-order valence-electron chi connectivity index (χ4n) is 6.53. The second kappa shape index (κ2) is 17.9. The fraction of sp³-hybridized carbons (Fsp3) is 0.429. The number of fused-ring (bicyclic) bond motifs is 3. The Bertz CT molecular complexity index is 1820. The normalized spacial score (nSPS) is 28.9. The highest BCUT2D eigenvalue weighted by atomic mass is 16.8. The lowest BCUT2D eigenvalue weighted by atomic mass is 9.96. The molecule has 2 aromatic rings. The predicted octanol–water partition coefficient (Wildman–Crippen LogP) is 5.35. The summed E-state index contributed by atoms with van der Waals surface area (Å²) in [6.45, 7) is 13.1. The van der Waals surface area contributed by atoms with Crippen molar-refractivity contribution in [2.45, 2.75) is 116 Å². The Morgan fingerprint density at radius 1 is 0.660 bits per heavy atom. The molecule has 11 heteroatoms. The molecule has 0 aromatic heterocycles. The molecule has 3 aliphatic rings. The third-order valence-electron chi connectivity index (χ3n) is 9.02. The molecule has 0 spiro atoms. The van der Waals surface area contributed by atoms with E-state index in [-0.39, 0.29) is 47.6 Å². The number of ether oxygens (including phenoxy) is 2. The molecule has 53 heavy (non-hydrogen) atoms. The highest BCUT2D eigenvalue weighted by Crippen LogP contribution is 2.32. The molecule has 0 saturated carbocycles. The van der Waals surface area contributed by atoms with Gasteiger partial charge < -0.3 is 35.4 Å². The second-order valence-electron chi connectivity index (χ2n) is 14.5. The quantitative estimate of drug-likeness (QED) is 0.240. The van der Waals surface area contributed by atoms with Crippen LogP contribution in [0, 0.1) is 20.8 Å². The first-order valence-electron chi connectivity index (χ1n) is 18.0. The summed E-state index contributed by atoms with van der Waals surface area (Å²) in [6, 6.07) is 6.91. The summed E-state index contributed by atoms with van der Waals surface area (Å²) in [6.07, 6.45) is 10.9. The highest BCUT2D eigenvalue weighted by Gasteiger charge is 2.43. The van der Waals surface area contributed by atoms with E-state index in [4.69, 9.17) is 9.47 Å². The van der Waals surface area contributed by atoms with Crippen LogP contribution in [-0.4, -0.2) is 81.0 Å². The Labute approximate surface area is 311 Å². The molecular formula is C42H52N2O9. The lowest BCUT2D eigenvalue weighted by Crippen LogP contribution is -2.34. The van der Waals surface area contributed by atoms with E-state index in [1.165, 1.54) is 12.1 Å².